The van der Waals surface area contributed by atoms with Crippen molar-refractivity contribution in [2.45, 2.75) is 6.92 Å². The molecule has 7 aromatic heterocycles. The summed E-state index contributed by atoms with van der Waals surface area (Å²) >= 11 is 37.8. The Morgan fingerprint density at radius 1 is 0.385 bits per heavy atom. The fourth-order valence-electron chi connectivity index (χ4n) is 11.8. The van der Waals surface area contributed by atoms with Crippen LogP contribution in [0.3, 0.4) is 0 Å². The number of fused-ring (bicyclic) bond motifs is 13. The van der Waals surface area contributed by atoms with Crippen molar-refractivity contribution in [3.8, 4) is 34.0 Å². The second kappa shape index (κ2) is 35.3. The summed E-state index contributed by atoms with van der Waals surface area (Å²) in [5.74, 6) is 2.37. The van der Waals surface area contributed by atoms with E-state index in [-0.39, 0.29) is 0 Å². The van der Waals surface area contributed by atoms with Gasteiger partial charge in [-0.05, 0) is 124 Å². The highest BCUT2D eigenvalue weighted by molar-refractivity contribution is 9.10. The lowest BCUT2D eigenvalue weighted by Crippen LogP contribution is -2.32. The lowest BCUT2D eigenvalue weighted by atomic mass is 9.74. The van der Waals surface area contributed by atoms with Gasteiger partial charge in [-0.1, -0.05) is 245 Å². The van der Waals surface area contributed by atoms with Gasteiger partial charge in [-0.15, -0.1) is 0 Å². The SMILES string of the molecule is COc1ccc2ccccc2c1-c1nc(Cl)cnc1N.COc1ccc2ccccc2c1-c1nc(Cl)cnc1N.Cc1ccc2ccccc2c1B(O)O.Clc1cnc2oc3ccc4ccccc4c3c2n1.Clc1cnc2oc3ccc4ccccc4c3c2n1.Nc1ncc(Cl)nc1Br.OB(O)c1cccc(Cl)c1. The fraction of sp³-hybridized carbons (Fsp3) is 0.0380. The van der Waals surface area contributed by atoms with Crippen LogP contribution in [-0.2, 0) is 0 Å². The van der Waals surface area contributed by atoms with Gasteiger partial charge in [0.05, 0.1) is 67.1 Å². The van der Waals surface area contributed by atoms with Crippen LogP contribution in [0.15, 0.2) is 251 Å². The average Bonchev–Trinajstić information content (AvgIpc) is 1.70. The zero-order chi connectivity index (χ0) is 77.0. The molecule has 0 aliphatic rings. The number of aryl methyl sites for hydroxylation is 1. The summed E-state index contributed by atoms with van der Waals surface area (Å²) in [5.41, 5.74) is 25.8. The third-order valence-electron chi connectivity index (χ3n) is 16.6. The number of rotatable bonds is 6. The van der Waals surface area contributed by atoms with Gasteiger partial charge in [0, 0.05) is 5.02 Å². The monoisotopic (exact) mass is 1630 g/mol. The summed E-state index contributed by atoms with van der Waals surface area (Å²) in [6, 6.07) is 65.9. The number of furan rings is 2. The Hall–Kier alpha value is -11.1. The molecule has 0 bridgehead atoms. The van der Waals surface area contributed by atoms with Crippen LogP contribution >= 0.6 is 85.5 Å². The second-order valence-electron chi connectivity index (χ2n) is 23.5. The summed E-state index contributed by atoms with van der Waals surface area (Å²) in [4.78, 5) is 41.2. The van der Waals surface area contributed by atoms with Gasteiger partial charge < -0.3 is 55.6 Å². The number of nitrogen functional groups attached to an aromatic ring is 3. The largest absolute Gasteiger partial charge is 0.496 e. The van der Waals surface area contributed by atoms with Crippen molar-refractivity contribution >= 4 is 226 Å². The molecule has 0 radical (unpaired) electrons. The van der Waals surface area contributed by atoms with Crippen LogP contribution < -0.4 is 37.6 Å². The van der Waals surface area contributed by atoms with Crippen LogP contribution in [0.4, 0.5) is 17.5 Å². The van der Waals surface area contributed by atoms with Gasteiger partial charge in [0.15, 0.2) is 5.82 Å². The molecule has 0 aliphatic carbocycles. The first-order chi connectivity index (χ1) is 52.7. The molecule has 0 saturated heterocycles. The van der Waals surface area contributed by atoms with Crippen molar-refractivity contribution in [1.82, 2.24) is 49.8 Å². The lowest BCUT2D eigenvalue weighted by molar-refractivity contribution is 0.417. The number of methoxy groups -OCH3 is 2. The third-order valence-corrected chi connectivity index (χ3v) is 18.4. The summed E-state index contributed by atoms with van der Waals surface area (Å²) in [6.45, 7) is 1.88. The van der Waals surface area contributed by atoms with E-state index >= 15 is 0 Å². The molecule has 0 saturated carbocycles. The Morgan fingerprint density at radius 3 is 1.16 bits per heavy atom. The number of nitrogens with zero attached hydrogens (tertiary/aromatic N) is 10. The van der Waals surface area contributed by atoms with Crippen LogP contribution in [0.1, 0.15) is 5.56 Å². The number of halogens is 7. The van der Waals surface area contributed by atoms with E-state index in [2.05, 4.69) is 90.0 Å². The van der Waals surface area contributed by atoms with Crippen LogP contribution in [0.2, 0.25) is 30.8 Å². The number of nitrogens with two attached hydrogens (primary N) is 3. The number of ether oxygens (including phenoxy) is 2. The molecule has 0 unspecified atom stereocenters. The molecule has 0 spiro atoms. The molecule has 18 rings (SSSR count). The Kier molecular flexibility index (Phi) is 25.1. The van der Waals surface area contributed by atoms with Gasteiger partial charge in [0.2, 0.25) is 11.4 Å². The second-order valence-corrected chi connectivity index (χ2v) is 26.6. The molecule has 542 valence electrons. The van der Waals surface area contributed by atoms with E-state index in [0.29, 0.717) is 109 Å². The average molecular weight is 1630 g/mol. The van der Waals surface area contributed by atoms with Gasteiger partial charge in [0.25, 0.3) is 0 Å². The fourth-order valence-corrected chi connectivity index (χ4v) is 13.0. The molecular formula is C79H58B2BrCl6N13O8. The highest BCUT2D eigenvalue weighted by Crippen LogP contribution is 2.41. The Morgan fingerprint density at radius 2 is 0.752 bits per heavy atom. The maximum Gasteiger partial charge on any atom is 0.489 e. The summed E-state index contributed by atoms with van der Waals surface area (Å²) in [5, 5.41) is 50.5. The first kappa shape index (κ1) is 77.5. The van der Waals surface area contributed by atoms with E-state index in [9.17, 15) is 10.0 Å². The lowest BCUT2D eigenvalue weighted by Gasteiger charge is -2.13. The smallest absolute Gasteiger partial charge is 0.489 e. The quantitative estimate of drug-likeness (QED) is 0.0760. The van der Waals surface area contributed by atoms with Crippen molar-refractivity contribution in [2.75, 3.05) is 31.4 Å². The number of anilines is 3. The zero-order valence-electron chi connectivity index (χ0n) is 57.4. The first-order valence-electron chi connectivity index (χ1n) is 32.7. The van der Waals surface area contributed by atoms with Crippen molar-refractivity contribution in [3.05, 3.63) is 278 Å². The third kappa shape index (κ3) is 18.1. The maximum absolute atomic E-state index is 9.26. The highest BCUT2D eigenvalue weighted by atomic mass is 79.9. The van der Waals surface area contributed by atoms with Crippen molar-refractivity contribution in [1.29, 1.82) is 0 Å². The molecule has 0 aliphatic heterocycles. The van der Waals surface area contributed by atoms with E-state index in [1.54, 1.807) is 32.4 Å². The van der Waals surface area contributed by atoms with E-state index in [1.807, 2.05) is 165 Å². The van der Waals surface area contributed by atoms with Crippen molar-refractivity contribution in [2.24, 2.45) is 0 Å². The molecule has 109 heavy (non-hydrogen) atoms. The number of benzene rings is 11. The number of hydrogen-bond acceptors (Lipinski definition) is 21. The predicted octanol–water partition coefficient (Wildman–Crippen LogP) is 17.8. The minimum Gasteiger partial charge on any atom is -0.496 e. The molecule has 7 heterocycles. The molecule has 30 heteroatoms. The van der Waals surface area contributed by atoms with Gasteiger partial charge in [-0.25, -0.2) is 49.8 Å². The summed E-state index contributed by atoms with van der Waals surface area (Å²) in [6.07, 6.45) is 7.24. The Bertz CT molecular complexity index is 6070. The highest BCUT2D eigenvalue weighted by Gasteiger charge is 2.21. The topological polar surface area (TPSA) is 333 Å². The van der Waals surface area contributed by atoms with E-state index in [4.69, 9.17) is 115 Å². The molecular weight excluding hydrogens is 1570 g/mol. The van der Waals surface area contributed by atoms with Crippen molar-refractivity contribution < 1.29 is 38.4 Å². The number of hydrogen-bond donors (Lipinski definition) is 7. The first-order valence-corrected chi connectivity index (χ1v) is 35.8. The Balaban J connectivity index is 0.000000120. The minimum atomic E-state index is -1.43. The van der Waals surface area contributed by atoms with Gasteiger partial charge >= 0.3 is 14.2 Å². The molecule has 11 aromatic carbocycles. The molecule has 0 atom stereocenters. The van der Waals surface area contributed by atoms with Crippen LogP contribution in [0.5, 0.6) is 11.5 Å². The van der Waals surface area contributed by atoms with E-state index in [0.717, 1.165) is 92.5 Å². The van der Waals surface area contributed by atoms with Gasteiger partial charge in [0.1, 0.15) is 87.1 Å². The van der Waals surface area contributed by atoms with E-state index < -0.39 is 14.2 Å². The molecule has 18 aromatic rings. The van der Waals surface area contributed by atoms with Gasteiger partial charge in [-0.3, -0.25) is 0 Å². The minimum absolute atomic E-state index is 0.296. The number of aromatic nitrogens is 10. The maximum atomic E-state index is 9.26. The molecule has 10 N–H and O–H groups in total. The van der Waals surface area contributed by atoms with Crippen LogP contribution in [-0.4, -0.2) is 98.4 Å². The molecule has 21 nitrogen and oxygen atoms in total. The van der Waals surface area contributed by atoms with E-state index in [1.165, 1.54) is 37.1 Å². The summed E-state index contributed by atoms with van der Waals surface area (Å²) in [7, 11) is 0.392. The Labute approximate surface area is 660 Å². The van der Waals surface area contributed by atoms with Gasteiger partial charge in [-0.2, -0.15) is 0 Å². The zero-order valence-corrected chi connectivity index (χ0v) is 63.6. The normalized spacial score (nSPS) is 10.8. The predicted molar refractivity (Wildman–Crippen MR) is 444 cm³/mol. The van der Waals surface area contributed by atoms with Crippen LogP contribution in [0, 0.1) is 6.92 Å². The van der Waals surface area contributed by atoms with Crippen LogP contribution in [0.25, 0.3) is 121 Å². The summed E-state index contributed by atoms with van der Waals surface area (Å²) < 4.78 is 22.7. The molecule has 0 amide bonds. The standard InChI is InChI=1S/2C15H12ClN3O.2C14H7ClN2O.C11H11BO2.C6H6BClO2.C4H3BrClN3/c2*1-20-11-7-6-9-4-2-3-5-10(9)13(11)14-15(17)18-8-12(16)19-14;2*15-11-7-16-14-13(17-11)12-9-4-2-1-3-8(9)5-6-10(12)18-14;1-8-6-7-9-4-2-3-5-10(9)11(8)12(13)14;8-6-3-1-2-5(4-6)7(9)10;5-3-4(7)8-1-2(6)9-3/h2*2-8H,1H3,(H2,17,18);2*1-7H;2-7,13-14H,1H3;1-4,9-10H;1H,(H2,7,8). The molecule has 0 fully saturated rings. The van der Waals surface area contributed by atoms with Crippen molar-refractivity contribution in [3.63, 3.8) is 0 Å².